The number of aromatic nitrogens is 3. The van der Waals surface area contributed by atoms with Gasteiger partial charge >= 0.3 is 0 Å². The summed E-state index contributed by atoms with van der Waals surface area (Å²) in [6.07, 6.45) is 3.67. The zero-order valence-electron chi connectivity index (χ0n) is 16.6. The van der Waals surface area contributed by atoms with E-state index in [9.17, 15) is 14.0 Å². The first kappa shape index (κ1) is 19.8. The number of amides is 2. The highest BCUT2D eigenvalue weighted by Gasteiger charge is 2.35. The van der Waals surface area contributed by atoms with Gasteiger partial charge in [-0.15, -0.1) is 0 Å². The van der Waals surface area contributed by atoms with Crippen molar-refractivity contribution in [2.45, 2.75) is 25.4 Å². The number of aryl methyl sites for hydroxylation is 1. The van der Waals surface area contributed by atoms with Gasteiger partial charge < -0.3 is 10.2 Å². The van der Waals surface area contributed by atoms with Crippen molar-refractivity contribution in [3.63, 3.8) is 0 Å². The van der Waals surface area contributed by atoms with Crippen LogP contribution in [0.1, 0.15) is 28.4 Å². The summed E-state index contributed by atoms with van der Waals surface area (Å²) in [6, 6.07) is 11.4. The molecular formula is C22H22FN5O2. The average molecular weight is 407 g/mol. The van der Waals surface area contributed by atoms with Crippen LogP contribution in [0.2, 0.25) is 0 Å². The van der Waals surface area contributed by atoms with Crippen LogP contribution in [0.4, 0.5) is 4.39 Å². The van der Waals surface area contributed by atoms with Crippen molar-refractivity contribution in [1.82, 2.24) is 25.0 Å². The Bertz CT molecular complexity index is 1050. The molecule has 1 atom stereocenters. The van der Waals surface area contributed by atoms with Gasteiger partial charge in [0.05, 0.1) is 30.3 Å². The van der Waals surface area contributed by atoms with Crippen molar-refractivity contribution in [3.05, 3.63) is 83.2 Å². The van der Waals surface area contributed by atoms with Crippen molar-refractivity contribution < 1.29 is 14.0 Å². The molecule has 0 spiro atoms. The van der Waals surface area contributed by atoms with Crippen LogP contribution in [0.3, 0.4) is 0 Å². The second-order valence-corrected chi connectivity index (χ2v) is 7.38. The molecule has 1 aliphatic rings. The van der Waals surface area contributed by atoms with Gasteiger partial charge in [0.2, 0.25) is 11.8 Å². The van der Waals surface area contributed by atoms with Crippen LogP contribution >= 0.6 is 0 Å². The summed E-state index contributed by atoms with van der Waals surface area (Å²) in [5.41, 5.74) is 3.04. The standard InChI is InChI=1S/C22H22FN5O2/c1-27-12-16-13-28(20(29)10-15-5-7-17(23)8-6-15)14-19(21(16)26-27)22(30)25-11-18-4-2-3-9-24-18/h2-9,12,19H,10-11,13-14H2,1H3,(H,25,30). The van der Waals surface area contributed by atoms with Gasteiger partial charge in [-0.2, -0.15) is 5.10 Å². The molecule has 1 aliphatic heterocycles. The summed E-state index contributed by atoms with van der Waals surface area (Å²) in [5, 5.41) is 7.36. The van der Waals surface area contributed by atoms with Crippen molar-refractivity contribution in [3.8, 4) is 0 Å². The monoisotopic (exact) mass is 407 g/mol. The highest BCUT2D eigenvalue weighted by Crippen LogP contribution is 2.28. The van der Waals surface area contributed by atoms with Gasteiger partial charge in [-0.25, -0.2) is 4.39 Å². The van der Waals surface area contributed by atoms with Gasteiger partial charge in [0.25, 0.3) is 0 Å². The number of hydrogen-bond acceptors (Lipinski definition) is 4. The maximum Gasteiger partial charge on any atom is 0.231 e. The average Bonchev–Trinajstić information content (AvgIpc) is 3.13. The second-order valence-electron chi connectivity index (χ2n) is 7.38. The molecule has 8 heteroatoms. The third kappa shape index (κ3) is 4.37. The lowest BCUT2D eigenvalue weighted by Crippen LogP contribution is -2.44. The van der Waals surface area contributed by atoms with Gasteiger partial charge in [0, 0.05) is 38.1 Å². The summed E-state index contributed by atoms with van der Waals surface area (Å²) in [5.74, 6) is -1.21. The Labute approximate surface area is 173 Å². The first-order chi connectivity index (χ1) is 14.5. The highest BCUT2D eigenvalue weighted by molar-refractivity contribution is 5.86. The van der Waals surface area contributed by atoms with Crippen molar-refractivity contribution in [2.75, 3.05) is 6.54 Å². The molecule has 0 aliphatic carbocycles. The predicted octanol–water partition coefficient (Wildman–Crippen LogP) is 1.94. The number of carbonyl (C=O) groups is 2. The van der Waals surface area contributed by atoms with Gasteiger partial charge in [-0.05, 0) is 29.8 Å². The van der Waals surface area contributed by atoms with Gasteiger partial charge in [0.1, 0.15) is 5.82 Å². The van der Waals surface area contributed by atoms with E-state index in [4.69, 9.17) is 0 Å². The van der Waals surface area contributed by atoms with Gasteiger partial charge in [-0.1, -0.05) is 18.2 Å². The molecule has 2 amide bonds. The van der Waals surface area contributed by atoms with Crippen LogP contribution in [0, 0.1) is 5.82 Å². The van der Waals surface area contributed by atoms with E-state index < -0.39 is 5.92 Å². The van der Waals surface area contributed by atoms with Gasteiger partial charge in [-0.3, -0.25) is 19.3 Å². The number of benzene rings is 1. The summed E-state index contributed by atoms with van der Waals surface area (Å²) in [4.78, 5) is 31.7. The van der Waals surface area contributed by atoms with E-state index in [0.717, 1.165) is 16.8 Å². The van der Waals surface area contributed by atoms with E-state index in [1.165, 1.54) is 12.1 Å². The number of halogens is 1. The fraction of sp³-hybridized carbons (Fsp3) is 0.273. The van der Waals surface area contributed by atoms with Crippen molar-refractivity contribution >= 4 is 11.8 Å². The second kappa shape index (κ2) is 8.44. The molecular weight excluding hydrogens is 385 g/mol. The van der Waals surface area contributed by atoms with Crippen molar-refractivity contribution in [1.29, 1.82) is 0 Å². The highest BCUT2D eigenvalue weighted by atomic mass is 19.1. The van der Waals surface area contributed by atoms with Crippen LogP contribution < -0.4 is 5.32 Å². The molecule has 30 heavy (non-hydrogen) atoms. The van der Waals surface area contributed by atoms with Crippen LogP contribution in [0.5, 0.6) is 0 Å². The fourth-order valence-electron chi connectivity index (χ4n) is 3.64. The molecule has 0 fully saturated rings. The van der Waals surface area contributed by atoms with Crippen LogP contribution in [0.25, 0.3) is 0 Å². The number of hydrogen-bond donors (Lipinski definition) is 1. The summed E-state index contributed by atoms with van der Waals surface area (Å²) in [7, 11) is 1.80. The Balaban J connectivity index is 1.49. The molecule has 0 saturated heterocycles. The third-order valence-electron chi connectivity index (χ3n) is 5.14. The first-order valence-corrected chi connectivity index (χ1v) is 9.72. The third-order valence-corrected chi connectivity index (χ3v) is 5.14. The molecule has 1 aromatic carbocycles. The van der Waals surface area contributed by atoms with E-state index >= 15 is 0 Å². The Morgan fingerprint density at radius 3 is 2.73 bits per heavy atom. The summed E-state index contributed by atoms with van der Waals surface area (Å²) < 4.78 is 14.8. The van der Waals surface area contributed by atoms with E-state index in [-0.39, 0.29) is 30.6 Å². The van der Waals surface area contributed by atoms with Crippen LogP contribution in [0.15, 0.2) is 54.9 Å². The molecule has 0 saturated carbocycles. The number of carbonyl (C=O) groups excluding carboxylic acids is 2. The Hall–Kier alpha value is -3.55. The van der Waals surface area contributed by atoms with E-state index in [1.807, 2.05) is 24.4 Å². The van der Waals surface area contributed by atoms with E-state index in [0.29, 0.717) is 18.8 Å². The van der Waals surface area contributed by atoms with Crippen LogP contribution in [-0.2, 0) is 36.1 Å². The topological polar surface area (TPSA) is 80.1 Å². The van der Waals surface area contributed by atoms with E-state index in [2.05, 4.69) is 15.4 Å². The number of nitrogens with zero attached hydrogens (tertiary/aromatic N) is 4. The zero-order valence-corrected chi connectivity index (χ0v) is 16.6. The minimum absolute atomic E-state index is 0.112. The quantitative estimate of drug-likeness (QED) is 0.701. The Morgan fingerprint density at radius 1 is 1.20 bits per heavy atom. The molecule has 0 radical (unpaired) electrons. The lowest BCUT2D eigenvalue weighted by atomic mass is 9.95. The minimum atomic E-state index is -0.559. The van der Waals surface area contributed by atoms with E-state index in [1.54, 1.807) is 35.0 Å². The maximum atomic E-state index is 13.1. The smallest absolute Gasteiger partial charge is 0.231 e. The Kier molecular flexibility index (Phi) is 5.56. The molecule has 154 valence electrons. The summed E-state index contributed by atoms with van der Waals surface area (Å²) in [6.45, 7) is 0.952. The molecule has 0 bridgehead atoms. The maximum absolute atomic E-state index is 13.1. The van der Waals surface area contributed by atoms with Crippen molar-refractivity contribution in [2.24, 2.45) is 7.05 Å². The minimum Gasteiger partial charge on any atom is -0.350 e. The first-order valence-electron chi connectivity index (χ1n) is 9.72. The number of pyridine rings is 1. The zero-order chi connectivity index (χ0) is 21.1. The normalized spacial score (nSPS) is 15.5. The lowest BCUT2D eigenvalue weighted by Gasteiger charge is -2.31. The largest absolute Gasteiger partial charge is 0.350 e. The lowest BCUT2D eigenvalue weighted by molar-refractivity contribution is -0.133. The molecule has 3 heterocycles. The predicted molar refractivity (Wildman–Crippen MR) is 108 cm³/mol. The molecule has 7 nitrogen and oxygen atoms in total. The van der Waals surface area contributed by atoms with Crippen LogP contribution in [-0.4, -0.2) is 38.0 Å². The molecule has 4 rings (SSSR count). The molecule has 2 aromatic heterocycles. The summed E-state index contributed by atoms with van der Waals surface area (Å²) >= 11 is 0. The molecule has 1 unspecified atom stereocenters. The number of fused-ring (bicyclic) bond motifs is 1. The number of rotatable bonds is 5. The molecule has 3 aromatic rings. The number of nitrogens with one attached hydrogen (secondary N) is 1. The van der Waals surface area contributed by atoms with Gasteiger partial charge in [0.15, 0.2) is 0 Å². The molecule has 1 N–H and O–H groups in total. The Morgan fingerprint density at radius 2 is 2.00 bits per heavy atom. The SMILES string of the molecule is Cn1cc2c(n1)C(C(=O)NCc1ccccn1)CN(C(=O)Cc1ccc(F)cc1)C2. The fourth-order valence-corrected chi connectivity index (χ4v) is 3.64.